The van der Waals surface area contributed by atoms with Gasteiger partial charge in [-0.25, -0.2) is 4.98 Å². The van der Waals surface area contributed by atoms with E-state index < -0.39 is 0 Å². The van der Waals surface area contributed by atoms with E-state index in [-0.39, 0.29) is 0 Å². The minimum atomic E-state index is 0.834. The monoisotopic (exact) mass is 268 g/mol. The first-order valence-corrected chi connectivity index (χ1v) is 7.19. The molecule has 2 aromatic heterocycles. The van der Waals surface area contributed by atoms with E-state index in [1.807, 2.05) is 23.6 Å². The number of anilines is 1. The highest BCUT2D eigenvalue weighted by Crippen LogP contribution is 2.24. The average molecular weight is 268 g/mol. The maximum Gasteiger partial charge on any atom is 0.134 e. The first-order valence-electron chi connectivity index (χ1n) is 6.37. The van der Waals surface area contributed by atoms with Crippen molar-refractivity contribution in [1.29, 1.82) is 0 Å². The summed E-state index contributed by atoms with van der Waals surface area (Å²) in [6, 6.07) is 12.6. The highest BCUT2D eigenvalue weighted by molar-refractivity contribution is 7.12. The molecule has 2 heterocycles. The van der Waals surface area contributed by atoms with Crippen LogP contribution in [0.15, 0.2) is 42.6 Å². The van der Waals surface area contributed by atoms with Crippen LogP contribution in [0.5, 0.6) is 0 Å². The molecule has 0 saturated heterocycles. The van der Waals surface area contributed by atoms with Crippen LogP contribution in [-0.2, 0) is 6.54 Å². The Balaban J connectivity index is 1.85. The summed E-state index contributed by atoms with van der Waals surface area (Å²) in [5.41, 5.74) is 1.37. The van der Waals surface area contributed by atoms with Gasteiger partial charge >= 0.3 is 0 Å². The third-order valence-corrected chi connectivity index (χ3v) is 4.47. The quantitative estimate of drug-likeness (QED) is 0.755. The summed E-state index contributed by atoms with van der Waals surface area (Å²) >= 11 is 1.85. The molecular formula is C16H16N2S. The van der Waals surface area contributed by atoms with Crippen molar-refractivity contribution in [3.05, 3.63) is 57.9 Å². The van der Waals surface area contributed by atoms with Crippen LogP contribution < -0.4 is 5.32 Å². The molecule has 0 bridgehead atoms. The number of pyridine rings is 1. The molecule has 3 aromatic rings. The topological polar surface area (TPSA) is 24.9 Å². The average Bonchev–Trinajstić information content (AvgIpc) is 2.75. The maximum atomic E-state index is 4.44. The number of thiophene rings is 1. The molecule has 19 heavy (non-hydrogen) atoms. The molecule has 1 N–H and O–H groups in total. The van der Waals surface area contributed by atoms with Gasteiger partial charge in [0.2, 0.25) is 0 Å². The van der Waals surface area contributed by atoms with Gasteiger partial charge in [-0.2, -0.15) is 0 Å². The lowest BCUT2D eigenvalue weighted by Crippen LogP contribution is -2.00. The summed E-state index contributed by atoms with van der Waals surface area (Å²) in [4.78, 5) is 7.19. The Hall–Kier alpha value is -1.87. The second-order valence-corrected chi connectivity index (χ2v) is 6.03. The molecule has 0 saturated carbocycles. The summed E-state index contributed by atoms with van der Waals surface area (Å²) in [5, 5.41) is 5.84. The predicted molar refractivity (Wildman–Crippen MR) is 82.9 cm³/mol. The van der Waals surface area contributed by atoms with E-state index in [9.17, 15) is 0 Å². The van der Waals surface area contributed by atoms with Crippen LogP contribution in [0.2, 0.25) is 0 Å². The molecule has 0 aliphatic carbocycles. The van der Waals surface area contributed by atoms with E-state index in [2.05, 4.69) is 54.5 Å². The highest BCUT2D eigenvalue weighted by Gasteiger charge is 2.04. The number of hydrogen-bond donors (Lipinski definition) is 1. The third kappa shape index (κ3) is 2.47. The number of fused-ring (bicyclic) bond motifs is 1. The van der Waals surface area contributed by atoms with Crippen LogP contribution in [0.1, 0.15) is 15.3 Å². The normalized spacial score (nSPS) is 10.8. The molecule has 0 fully saturated rings. The van der Waals surface area contributed by atoms with Gasteiger partial charge in [0.25, 0.3) is 0 Å². The molecule has 0 unspecified atom stereocenters. The summed E-state index contributed by atoms with van der Waals surface area (Å²) < 4.78 is 0. The van der Waals surface area contributed by atoms with Crippen LogP contribution in [-0.4, -0.2) is 4.98 Å². The van der Waals surface area contributed by atoms with Gasteiger partial charge in [0.05, 0.1) is 6.54 Å². The Kier molecular flexibility index (Phi) is 3.22. The number of aryl methyl sites for hydroxylation is 2. The van der Waals surface area contributed by atoms with Gasteiger partial charge in [-0.3, -0.25) is 0 Å². The van der Waals surface area contributed by atoms with Crippen molar-refractivity contribution >= 4 is 27.9 Å². The third-order valence-electron chi connectivity index (χ3n) is 3.32. The largest absolute Gasteiger partial charge is 0.365 e. The van der Waals surface area contributed by atoms with E-state index in [0.717, 1.165) is 12.4 Å². The number of hydrogen-bond acceptors (Lipinski definition) is 3. The first-order chi connectivity index (χ1) is 9.24. The van der Waals surface area contributed by atoms with E-state index >= 15 is 0 Å². The fourth-order valence-electron chi connectivity index (χ4n) is 2.17. The number of benzene rings is 1. The lowest BCUT2D eigenvalue weighted by atomic mass is 10.1. The molecule has 0 radical (unpaired) electrons. The number of nitrogens with zero attached hydrogens (tertiary/aromatic N) is 1. The Bertz CT molecular complexity index is 691. The number of rotatable bonds is 3. The van der Waals surface area contributed by atoms with Crippen LogP contribution in [0, 0.1) is 13.8 Å². The molecule has 0 amide bonds. The van der Waals surface area contributed by atoms with Crippen molar-refractivity contribution in [2.45, 2.75) is 20.4 Å². The summed E-state index contributed by atoms with van der Waals surface area (Å²) in [6.45, 7) is 5.16. The smallest absolute Gasteiger partial charge is 0.134 e. The van der Waals surface area contributed by atoms with E-state index in [0.29, 0.717) is 0 Å². The van der Waals surface area contributed by atoms with E-state index in [1.54, 1.807) is 0 Å². The fourth-order valence-corrected chi connectivity index (χ4v) is 3.16. The van der Waals surface area contributed by atoms with Crippen molar-refractivity contribution in [3.63, 3.8) is 0 Å². The molecule has 2 nitrogen and oxygen atoms in total. The van der Waals surface area contributed by atoms with Crippen LogP contribution in [0.25, 0.3) is 10.8 Å². The van der Waals surface area contributed by atoms with Crippen LogP contribution in [0.4, 0.5) is 5.82 Å². The summed E-state index contributed by atoms with van der Waals surface area (Å²) in [5.74, 6) is 0.960. The van der Waals surface area contributed by atoms with Crippen LogP contribution in [0.3, 0.4) is 0 Å². The van der Waals surface area contributed by atoms with Gasteiger partial charge in [-0.1, -0.05) is 24.3 Å². The number of nitrogens with one attached hydrogen (secondary N) is 1. The van der Waals surface area contributed by atoms with Crippen molar-refractivity contribution in [2.24, 2.45) is 0 Å². The zero-order valence-electron chi connectivity index (χ0n) is 11.1. The molecule has 3 rings (SSSR count). The van der Waals surface area contributed by atoms with Gasteiger partial charge in [0.15, 0.2) is 0 Å². The Morgan fingerprint density at radius 2 is 2.00 bits per heavy atom. The van der Waals surface area contributed by atoms with Gasteiger partial charge in [-0.05, 0) is 36.9 Å². The van der Waals surface area contributed by atoms with Gasteiger partial charge in [0, 0.05) is 21.3 Å². The molecule has 0 aliphatic heterocycles. The molecular weight excluding hydrogens is 252 g/mol. The van der Waals surface area contributed by atoms with Gasteiger partial charge < -0.3 is 5.32 Å². The molecule has 0 spiro atoms. The predicted octanol–water partition coefficient (Wildman–Crippen LogP) is 4.53. The molecule has 96 valence electrons. The lowest BCUT2D eigenvalue weighted by molar-refractivity contribution is 1.15. The lowest BCUT2D eigenvalue weighted by Gasteiger charge is -2.07. The Morgan fingerprint density at radius 3 is 2.79 bits per heavy atom. The summed E-state index contributed by atoms with van der Waals surface area (Å²) in [7, 11) is 0. The van der Waals surface area contributed by atoms with Crippen molar-refractivity contribution in [2.75, 3.05) is 5.32 Å². The van der Waals surface area contributed by atoms with E-state index in [4.69, 9.17) is 0 Å². The minimum Gasteiger partial charge on any atom is -0.365 e. The van der Waals surface area contributed by atoms with E-state index in [1.165, 1.54) is 26.1 Å². The zero-order chi connectivity index (χ0) is 13.2. The second kappa shape index (κ2) is 5.02. The Morgan fingerprint density at radius 1 is 1.16 bits per heavy atom. The standard InChI is InChI=1S/C16H16N2S/c1-11-9-14(19-12(11)2)10-18-16-15-6-4-3-5-13(15)7-8-17-16/h3-9H,10H2,1-2H3,(H,17,18). The van der Waals surface area contributed by atoms with Gasteiger partial charge in [0.1, 0.15) is 5.82 Å². The van der Waals surface area contributed by atoms with Crippen molar-refractivity contribution < 1.29 is 0 Å². The fraction of sp³-hybridized carbons (Fsp3) is 0.188. The van der Waals surface area contributed by atoms with Crippen LogP contribution >= 0.6 is 11.3 Å². The maximum absolute atomic E-state index is 4.44. The highest BCUT2D eigenvalue weighted by atomic mass is 32.1. The van der Waals surface area contributed by atoms with Crippen molar-refractivity contribution in [3.8, 4) is 0 Å². The Labute approximate surface area is 117 Å². The SMILES string of the molecule is Cc1cc(CNc2nccc3ccccc23)sc1C. The van der Waals surface area contributed by atoms with Crippen molar-refractivity contribution in [1.82, 2.24) is 4.98 Å². The first kappa shape index (κ1) is 12.2. The minimum absolute atomic E-state index is 0.834. The summed E-state index contributed by atoms with van der Waals surface area (Å²) in [6.07, 6.45) is 1.86. The number of aromatic nitrogens is 1. The molecule has 3 heteroatoms. The molecule has 0 atom stereocenters. The zero-order valence-corrected chi connectivity index (χ0v) is 11.9. The second-order valence-electron chi connectivity index (χ2n) is 4.69. The van der Waals surface area contributed by atoms with Gasteiger partial charge in [-0.15, -0.1) is 11.3 Å². The molecule has 0 aliphatic rings. The molecule has 1 aromatic carbocycles.